The van der Waals surface area contributed by atoms with E-state index in [4.69, 9.17) is 0 Å². The predicted octanol–water partition coefficient (Wildman–Crippen LogP) is 4.40. The van der Waals surface area contributed by atoms with E-state index < -0.39 is 5.41 Å². The maximum absolute atomic E-state index is 13.1. The van der Waals surface area contributed by atoms with Crippen molar-refractivity contribution in [1.29, 1.82) is 0 Å². The Kier molecular flexibility index (Phi) is 4.92. The van der Waals surface area contributed by atoms with Gasteiger partial charge < -0.3 is 5.11 Å². The van der Waals surface area contributed by atoms with Crippen molar-refractivity contribution in [3.8, 4) is 11.4 Å². The second-order valence-electron chi connectivity index (χ2n) is 7.14. The minimum absolute atomic E-state index is 0.0239. The van der Waals surface area contributed by atoms with Gasteiger partial charge in [0.25, 0.3) is 5.56 Å². The molecule has 1 N–H and O–H groups in total. The van der Waals surface area contributed by atoms with Gasteiger partial charge in [-0.1, -0.05) is 68.9 Å². The standard InChI is InChI=1S/C21H21NO3S/c1-21(2,3)17(23)13-26-20-18(24)15-11-7-8-12-16(15)19(25)22(20)14-9-5-4-6-10-14/h4-12,24H,13H2,1-3H3. The largest absolute Gasteiger partial charge is 0.505 e. The number of thioether (sulfide) groups is 1. The van der Waals surface area contributed by atoms with Gasteiger partial charge in [-0.3, -0.25) is 14.2 Å². The van der Waals surface area contributed by atoms with Crippen molar-refractivity contribution in [3.05, 3.63) is 65.0 Å². The van der Waals surface area contributed by atoms with E-state index in [-0.39, 0.29) is 22.8 Å². The molecule has 0 saturated heterocycles. The lowest BCUT2D eigenvalue weighted by Gasteiger charge is -2.19. The number of para-hydroxylation sites is 1. The smallest absolute Gasteiger partial charge is 0.264 e. The third-order valence-electron chi connectivity index (χ3n) is 4.21. The summed E-state index contributed by atoms with van der Waals surface area (Å²) in [4.78, 5) is 25.5. The molecule has 4 nitrogen and oxygen atoms in total. The first kappa shape index (κ1) is 18.3. The normalized spacial score (nSPS) is 11.7. The third kappa shape index (κ3) is 3.40. The molecule has 0 saturated carbocycles. The molecular formula is C21H21NO3S. The second-order valence-corrected chi connectivity index (χ2v) is 8.10. The summed E-state index contributed by atoms with van der Waals surface area (Å²) in [6.07, 6.45) is 0. The van der Waals surface area contributed by atoms with Gasteiger partial charge in [0.05, 0.1) is 11.1 Å². The van der Waals surface area contributed by atoms with E-state index in [0.29, 0.717) is 21.5 Å². The molecule has 26 heavy (non-hydrogen) atoms. The third-order valence-corrected chi connectivity index (χ3v) is 5.27. The lowest BCUT2D eigenvalue weighted by molar-refractivity contribution is -0.123. The maximum atomic E-state index is 13.1. The van der Waals surface area contributed by atoms with Gasteiger partial charge in [-0.05, 0) is 18.2 Å². The number of Topliss-reactive ketones (excluding diaryl/α,β-unsaturated/α-hetero) is 1. The zero-order chi connectivity index (χ0) is 18.9. The van der Waals surface area contributed by atoms with E-state index in [1.165, 1.54) is 16.3 Å². The zero-order valence-electron chi connectivity index (χ0n) is 15.0. The highest BCUT2D eigenvalue weighted by Gasteiger charge is 2.24. The molecule has 0 atom stereocenters. The number of ketones is 1. The fourth-order valence-corrected chi connectivity index (χ4v) is 3.87. The molecular weight excluding hydrogens is 346 g/mol. The summed E-state index contributed by atoms with van der Waals surface area (Å²) in [6, 6.07) is 16.1. The fourth-order valence-electron chi connectivity index (χ4n) is 2.60. The number of carbonyl (C=O) groups excluding carboxylic acids is 1. The van der Waals surface area contributed by atoms with E-state index in [1.807, 2.05) is 51.1 Å². The summed E-state index contributed by atoms with van der Waals surface area (Å²) in [5.74, 6) is 0.264. The summed E-state index contributed by atoms with van der Waals surface area (Å²) in [5.41, 5.74) is -0.0308. The van der Waals surface area contributed by atoms with Crippen LogP contribution in [0.15, 0.2) is 64.4 Å². The number of benzene rings is 2. The van der Waals surface area contributed by atoms with Gasteiger partial charge in [-0.2, -0.15) is 0 Å². The van der Waals surface area contributed by atoms with Gasteiger partial charge in [0.2, 0.25) is 0 Å². The molecule has 0 aliphatic carbocycles. The molecule has 1 heterocycles. The monoisotopic (exact) mass is 367 g/mol. The molecule has 0 amide bonds. The Morgan fingerprint density at radius 1 is 1.00 bits per heavy atom. The molecule has 0 spiro atoms. The molecule has 0 aliphatic rings. The zero-order valence-corrected chi connectivity index (χ0v) is 15.8. The number of carbonyl (C=O) groups is 1. The summed E-state index contributed by atoms with van der Waals surface area (Å²) in [6.45, 7) is 5.58. The quantitative estimate of drug-likeness (QED) is 0.694. The van der Waals surface area contributed by atoms with Crippen molar-refractivity contribution in [2.75, 3.05) is 5.75 Å². The molecule has 0 fully saturated rings. The van der Waals surface area contributed by atoms with Gasteiger partial charge in [-0.25, -0.2) is 0 Å². The molecule has 3 rings (SSSR count). The lowest BCUT2D eigenvalue weighted by Crippen LogP contribution is -2.24. The SMILES string of the molecule is CC(C)(C)C(=O)CSc1c(O)c2ccccc2c(=O)n1-c1ccccc1. The minimum atomic E-state index is -0.475. The average molecular weight is 367 g/mol. The Morgan fingerprint density at radius 2 is 1.58 bits per heavy atom. The van der Waals surface area contributed by atoms with Gasteiger partial charge in [-0.15, -0.1) is 0 Å². The average Bonchev–Trinajstić information content (AvgIpc) is 2.63. The topological polar surface area (TPSA) is 59.3 Å². The fraction of sp³-hybridized carbons (Fsp3) is 0.238. The highest BCUT2D eigenvalue weighted by molar-refractivity contribution is 8.00. The van der Waals surface area contributed by atoms with Crippen molar-refractivity contribution < 1.29 is 9.90 Å². The summed E-state index contributed by atoms with van der Waals surface area (Å²) < 4.78 is 1.48. The van der Waals surface area contributed by atoms with Crippen LogP contribution in [0.25, 0.3) is 16.5 Å². The van der Waals surface area contributed by atoms with Crippen molar-refractivity contribution in [3.63, 3.8) is 0 Å². The molecule has 0 unspecified atom stereocenters. The number of aromatic nitrogens is 1. The van der Waals surface area contributed by atoms with Crippen molar-refractivity contribution >= 4 is 28.3 Å². The van der Waals surface area contributed by atoms with Gasteiger partial charge in [0, 0.05) is 16.5 Å². The molecule has 0 aliphatic heterocycles. The molecule has 0 bridgehead atoms. The van der Waals surface area contributed by atoms with Gasteiger partial charge in [0.1, 0.15) is 10.8 Å². The van der Waals surface area contributed by atoms with Crippen LogP contribution in [-0.2, 0) is 4.79 Å². The van der Waals surface area contributed by atoms with Crippen molar-refractivity contribution in [2.45, 2.75) is 25.8 Å². The van der Waals surface area contributed by atoms with Crippen LogP contribution in [0.1, 0.15) is 20.8 Å². The van der Waals surface area contributed by atoms with Crippen LogP contribution < -0.4 is 5.56 Å². The van der Waals surface area contributed by atoms with Crippen LogP contribution in [0.3, 0.4) is 0 Å². The molecule has 1 aromatic heterocycles. The van der Waals surface area contributed by atoms with Crippen LogP contribution in [0.5, 0.6) is 5.75 Å². The highest BCUT2D eigenvalue weighted by Crippen LogP contribution is 2.36. The maximum Gasteiger partial charge on any atom is 0.264 e. The van der Waals surface area contributed by atoms with E-state index in [2.05, 4.69) is 0 Å². The number of pyridine rings is 1. The number of nitrogens with zero attached hydrogens (tertiary/aromatic N) is 1. The molecule has 5 heteroatoms. The second kappa shape index (κ2) is 7.00. The summed E-state index contributed by atoms with van der Waals surface area (Å²) in [7, 11) is 0. The Bertz CT molecular complexity index is 1020. The van der Waals surface area contributed by atoms with Crippen molar-refractivity contribution in [2.24, 2.45) is 5.41 Å². The Hall–Kier alpha value is -2.53. The Morgan fingerprint density at radius 3 is 2.19 bits per heavy atom. The number of hydrogen-bond acceptors (Lipinski definition) is 4. The van der Waals surface area contributed by atoms with E-state index in [0.717, 1.165) is 0 Å². The number of hydrogen-bond donors (Lipinski definition) is 1. The first-order valence-electron chi connectivity index (χ1n) is 8.39. The van der Waals surface area contributed by atoms with Crippen LogP contribution in [-0.4, -0.2) is 21.2 Å². The Balaban J connectivity index is 2.21. The summed E-state index contributed by atoms with van der Waals surface area (Å²) >= 11 is 1.20. The summed E-state index contributed by atoms with van der Waals surface area (Å²) in [5, 5.41) is 12.2. The van der Waals surface area contributed by atoms with E-state index in [9.17, 15) is 14.7 Å². The molecule has 2 aromatic carbocycles. The number of rotatable bonds is 4. The first-order valence-corrected chi connectivity index (χ1v) is 9.37. The van der Waals surface area contributed by atoms with Crippen LogP contribution in [0, 0.1) is 5.41 Å². The molecule has 3 aromatic rings. The van der Waals surface area contributed by atoms with Crippen LogP contribution in [0.2, 0.25) is 0 Å². The number of fused-ring (bicyclic) bond motifs is 1. The van der Waals surface area contributed by atoms with Gasteiger partial charge >= 0.3 is 0 Å². The minimum Gasteiger partial charge on any atom is -0.505 e. The van der Waals surface area contributed by atoms with E-state index >= 15 is 0 Å². The first-order chi connectivity index (χ1) is 12.3. The van der Waals surface area contributed by atoms with Crippen LogP contribution >= 0.6 is 11.8 Å². The number of aromatic hydroxyl groups is 1. The van der Waals surface area contributed by atoms with Crippen molar-refractivity contribution in [1.82, 2.24) is 4.57 Å². The van der Waals surface area contributed by atoms with E-state index in [1.54, 1.807) is 24.3 Å². The lowest BCUT2D eigenvalue weighted by atomic mass is 9.92. The predicted molar refractivity (Wildman–Crippen MR) is 106 cm³/mol. The molecule has 134 valence electrons. The van der Waals surface area contributed by atoms with Gasteiger partial charge in [0.15, 0.2) is 5.75 Å². The Labute approximate surface area is 156 Å². The van der Waals surface area contributed by atoms with Crippen LogP contribution in [0.4, 0.5) is 0 Å². The molecule has 0 radical (unpaired) electrons. The highest BCUT2D eigenvalue weighted by atomic mass is 32.2.